The third kappa shape index (κ3) is 5.44. The third-order valence-corrected chi connectivity index (χ3v) is 7.02. The molecule has 0 radical (unpaired) electrons. The molecule has 4 aromatic rings. The van der Waals surface area contributed by atoms with Gasteiger partial charge >= 0.3 is 0 Å². The Bertz CT molecular complexity index is 1410. The molecular formula is C30H29ClFN3O2. The predicted molar refractivity (Wildman–Crippen MR) is 147 cm³/mol. The molecule has 0 spiro atoms. The number of pyridine rings is 1. The molecule has 1 amide bonds. The molecule has 1 unspecified atom stereocenters. The second-order valence-corrected chi connectivity index (χ2v) is 9.30. The number of ether oxygens (including phenoxy) is 1. The van der Waals surface area contributed by atoms with Gasteiger partial charge in [0.25, 0.3) is 0 Å². The number of halogens is 2. The van der Waals surface area contributed by atoms with Gasteiger partial charge in [0.1, 0.15) is 11.6 Å². The number of aromatic nitrogens is 1. The fourth-order valence-electron chi connectivity index (χ4n) is 4.55. The zero-order valence-electron chi connectivity index (χ0n) is 21.0. The van der Waals surface area contributed by atoms with E-state index in [1.807, 2.05) is 30.3 Å². The molecule has 4 rings (SSSR count). The molecule has 0 fully saturated rings. The first kappa shape index (κ1) is 26.2. The molecule has 37 heavy (non-hydrogen) atoms. The van der Waals surface area contributed by atoms with Crippen LogP contribution >= 0.6 is 11.6 Å². The summed E-state index contributed by atoms with van der Waals surface area (Å²) in [4.78, 5) is 18.2. The normalized spacial score (nSPS) is 12.6. The van der Waals surface area contributed by atoms with Gasteiger partial charge in [0.15, 0.2) is 0 Å². The van der Waals surface area contributed by atoms with Crippen LogP contribution in [0.3, 0.4) is 0 Å². The minimum absolute atomic E-state index is 0.266. The Kier molecular flexibility index (Phi) is 7.79. The van der Waals surface area contributed by atoms with Gasteiger partial charge in [-0.15, -0.1) is 0 Å². The third-order valence-electron chi connectivity index (χ3n) is 6.72. The van der Waals surface area contributed by atoms with Gasteiger partial charge in [0.05, 0.1) is 10.6 Å². The lowest BCUT2D eigenvalue weighted by Crippen LogP contribution is -2.44. The fraction of sp³-hybridized carbons (Fsp3) is 0.200. The van der Waals surface area contributed by atoms with Gasteiger partial charge in [-0.3, -0.25) is 4.79 Å². The van der Waals surface area contributed by atoms with Crippen LogP contribution in [0.5, 0.6) is 11.6 Å². The van der Waals surface area contributed by atoms with Crippen molar-refractivity contribution in [2.24, 2.45) is 5.73 Å². The number of para-hydroxylation sites is 1. The largest absolute Gasteiger partial charge is 0.437 e. The van der Waals surface area contributed by atoms with Crippen LogP contribution in [0.1, 0.15) is 43.1 Å². The van der Waals surface area contributed by atoms with Crippen LogP contribution in [-0.2, 0) is 5.54 Å². The Morgan fingerprint density at radius 2 is 1.84 bits per heavy atom. The molecule has 7 heteroatoms. The SMILES string of the molecule is CCN(c1ccccc1-c1cccc(F)c1)C(C)(CC)c1ccc(Oc2ccc(C(N)=O)cc2Cl)nc1. The van der Waals surface area contributed by atoms with E-state index in [4.69, 9.17) is 22.1 Å². The van der Waals surface area contributed by atoms with Gasteiger partial charge in [0.2, 0.25) is 11.8 Å². The van der Waals surface area contributed by atoms with Crippen molar-refractivity contribution in [1.29, 1.82) is 0 Å². The van der Waals surface area contributed by atoms with Gasteiger partial charge in [-0.25, -0.2) is 9.37 Å². The van der Waals surface area contributed by atoms with Crippen LogP contribution in [0.15, 0.2) is 85.1 Å². The number of carbonyl (C=O) groups excluding carboxylic acids is 1. The van der Waals surface area contributed by atoms with E-state index in [0.717, 1.165) is 35.3 Å². The standard InChI is InChI=1S/C30H29ClFN3O2/c1-4-30(3,35(5-2)26-12-7-6-11-24(26)20-9-8-10-23(32)17-20)22-14-16-28(34-19-22)37-27-15-13-21(29(33)36)18-25(27)31/h6-19H,4-5H2,1-3H3,(H2,33,36). The van der Waals surface area contributed by atoms with Crippen molar-refractivity contribution in [3.05, 3.63) is 107 Å². The van der Waals surface area contributed by atoms with Crippen molar-refractivity contribution in [1.82, 2.24) is 4.98 Å². The molecule has 0 aliphatic heterocycles. The van der Waals surface area contributed by atoms with Crippen molar-refractivity contribution in [2.45, 2.75) is 32.7 Å². The van der Waals surface area contributed by atoms with Gasteiger partial charge in [0, 0.05) is 35.6 Å². The molecular weight excluding hydrogens is 489 g/mol. The van der Waals surface area contributed by atoms with E-state index in [1.54, 1.807) is 36.5 Å². The van der Waals surface area contributed by atoms with Crippen molar-refractivity contribution < 1.29 is 13.9 Å². The molecule has 5 nitrogen and oxygen atoms in total. The lowest BCUT2D eigenvalue weighted by Gasteiger charge is -2.43. The maximum atomic E-state index is 14.0. The average molecular weight is 518 g/mol. The molecule has 0 bridgehead atoms. The van der Waals surface area contributed by atoms with E-state index in [9.17, 15) is 9.18 Å². The molecule has 190 valence electrons. The molecule has 0 aliphatic rings. The van der Waals surface area contributed by atoms with E-state index in [1.165, 1.54) is 12.1 Å². The summed E-state index contributed by atoms with van der Waals surface area (Å²) < 4.78 is 19.9. The zero-order valence-corrected chi connectivity index (χ0v) is 21.8. The maximum absolute atomic E-state index is 14.0. The monoisotopic (exact) mass is 517 g/mol. The molecule has 1 heterocycles. The van der Waals surface area contributed by atoms with Gasteiger partial charge in [-0.2, -0.15) is 0 Å². The van der Waals surface area contributed by atoms with Crippen LogP contribution < -0.4 is 15.4 Å². The first-order valence-corrected chi connectivity index (χ1v) is 12.5. The smallest absolute Gasteiger partial charge is 0.248 e. The number of carbonyl (C=O) groups is 1. The summed E-state index contributed by atoms with van der Waals surface area (Å²) in [5.74, 6) is -0.0736. The summed E-state index contributed by atoms with van der Waals surface area (Å²) in [6.07, 6.45) is 2.61. The van der Waals surface area contributed by atoms with E-state index in [0.29, 0.717) is 17.2 Å². The summed E-state index contributed by atoms with van der Waals surface area (Å²) in [5.41, 5.74) is 9.03. The molecule has 2 N–H and O–H groups in total. The number of anilines is 1. The highest BCUT2D eigenvalue weighted by Gasteiger charge is 2.33. The minimum atomic E-state index is -0.561. The molecule has 3 aromatic carbocycles. The van der Waals surface area contributed by atoms with Gasteiger partial charge < -0.3 is 15.4 Å². The fourth-order valence-corrected chi connectivity index (χ4v) is 4.77. The highest BCUT2D eigenvalue weighted by atomic mass is 35.5. The van der Waals surface area contributed by atoms with E-state index >= 15 is 0 Å². The quantitative estimate of drug-likeness (QED) is 0.248. The molecule has 0 saturated carbocycles. The number of nitrogens with zero attached hydrogens (tertiary/aromatic N) is 2. The number of hydrogen-bond acceptors (Lipinski definition) is 4. The zero-order chi connectivity index (χ0) is 26.6. The van der Waals surface area contributed by atoms with Crippen LogP contribution in [0.25, 0.3) is 11.1 Å². The number of primary amides is 1. The van der Waals surface area contributed by atoms with Crippen LogP contribution in [0.4, 0.5) is 10.1 Å². The van der Waals surface area contributed by atoms with Crippen LogP contribution in [-0.4, -0.2) is 17.4 Å². The van der Waals surface area contributed by atoms with Crippen molar-refractivity contribution in [3.63, 3.8) is 0 Å². The minimum Gasteiger partial charge on any atom is -0.437 e. The maximum Gasteiger partial charge on any atom is 0.248 e. The highest BCUT2D eigenvalue weighted by Crippen LogP contribution is 2.41. The average Bonchev–Trinajstić information content (AvgIpc) is 2.90. The second-order valence-electron chi connectivity index (χ2n) is 8.90. The van der Waals surface area contributed by atoms with Gasteiger partial charge in [-0.1, -0.05) is 48.9 Å². The molecule has 0 aliphatic carbocycles. The highest BCUT2D eigenvalue weighted by molar-refractivity contribution is 6.32. The predicted octanol–water partition coefficient (Wildman–Crippen LogP) is 7.58. The summed E-state index contributed by atoms with van der Waals surface area (Å²) in [6, 6.07) is 23.1. The Hall–Kier alpha value is -3.90. The van der Waals surface area contributed by atoms with Crippen molar-refractivity contribution in [3.8, 4) is 22.8 Å². The van der Waals surface area contributed by atoms with Crippen LogP contribution in [0, 0.1) is 5.82 Å². The Morgan fingerprint density at radius 3 is 2.46 bits per heavy atom. The Labute approximate surface area is 221 Å². The lowest BCUT2D eigenvalue weighted by atomic mass is 9.87. The van der Waals surface area contributed by atoms with E-state index in [2.05, 4.69) is 36.7 Å². The molecule has 1 aromatic heterocycles. The van der Waals surface area contributed by atoms with E-state index in [-0.39, 0.29) is 10.8 Å². The van der Waals surface area contributed by atoms with Crippen molar-refractivity contribution >= 4 is 23.2 Å². The summed E-state index contributed by atoms with van der Waals surface area (Å²) >= 11 is 6.26. The summed E-state index contributed by atoms with van der Waals surface area (Å²) in [6.45, 7) is 7.16. The van der Waals surface area contributed by atoms with Crippen molar-refractivity contribution in [2.75, 3.05) is 11.4 Å². The topological polar surface area (TPSA) is 68.5 Å². The first-order chi connectivity index (χ1) is 17.8. The second kappa shape index (κ2) is 11.0. The molecule has 0 saturated heterocycles. The molecule has 1 atom stereocenters. The van der Waals surface area contributed by atoms with E-state index < -0.39 is 11.4 Å². The number of hydrogen-bond donors (Lipinski definition) is 1. The number of benzene rings is 3. The summed E-state index contributed by atoms with van der Waals surface area (Å²) in [7, 11) is 0. The first-order valence-electron chi connectivity index (χ1n) is 12.1. The lowest BCUT2D eigenvalue weighted by molar-refractivity contribution is 0.100. The van der Waals surface area contributed by atoms with Gasteiger partial charge in [-0.05, 0) is 73.9 Å². The Morgan fingerprint density at radius 1 is 1.05 bits per heavy atom. The van der Waals surface area contributed by atoms with Crippen LogP contribution in [0.2, 0.25) is 5.02 Å². The summed E-state index contributed by atoms with van der Waals surface area (Å²) in [5, 5.41) is 0.270. The Balaban J connectivity index is 1.66. The number of nitrogens with two attached hydrogens (primary N) is 1. The number of amides is 1. The number of rotatable bonds is 9.